The zero-order chi connectivity index (χ0) is 20.8. The summed E-state index contributed by atoms with van der Waals surface area (Å²) in [6.45, 7) is 5.32. The molecule has 29 heavy (non-hydrogen) atoms. The maximum atomic E-state index is 11.0. The molecule has 0 saturated carbocycles. The number of rotatable bonds is 7. The highest BCUT2D eigenvalue weighted by Gasteiger charge is 2.34. The smallest absolute Gasteiger partial charge is 0.338 e. The number of primary amides is 1. The van der Waals surface area contributed by atoms with Gasteiger partial charge in [0.05, 0.1) is 30.0 Å². The molecule has 1 aliphatic rings. The zero-order valence-corrected chi connectivity index (χ0v) is 17.3. The Hall–Kier alpha value is -2.51. The Balaban J connectivity index is 1.82. The predicted octanol–water partition coefficient (Wildman–Crippen LogP) is 3.91. The molecule has 2 atom stereocenters. The summed E-state index contributed by atoms with van der Waals surface area (Å²) in [7, 11) is 0. The van der Waals surface area contributed by atoms with Crippen molar-refractivity contribution in [1.29, 1.82) is 0 Å². The van der Waals surface area contributed by atoms with E-state index in [4.69, 9.17) is 15.7 Å². The summed E-state index contributed by atoms with van der Waals surface area (Å²) in [5, 5.41) is 10.1. The molecule has 7 heteroatoms. The van der Waals surface area contributed by atoms with Gasteiger partial charge in [-0.2, -0.15) is 0 Å². The molecule has 0 aromatic carbocycles. The van der Waals surface area contributed by atoms with Gasteiger partial charge in [0, 0.05) is 12.4 Å². The second kappa shape index (κ2) is 9.80. The van der Waals surface area contributed by atoms with Crippen molar-refractivity contribution in [3.8, 4) is 0 Å². The number of aryl methyl sites for hydroxylation is 2. The summed E-state index contributed by atoms with van der Waals surface area (Å²) in [5.74, 6) is 0. The van der Waals surface area contributed by atoms with E-state index in [0.29, 0.717) is 11.5 Å². The molecule has 3 heterocycles. The Morgan fingerprint density at radius 1 is 1.10 bits per heavy atom. The monoisotopic (exact) mass is 397 g/mol. The number of carbonyl (C=O) groups is 1. The third-order valence-corrected chi connectivity index (χ3v) is 5.78. The van der Waals surface area contributed by atoms with E-state index in [2.05, 4.69) is 30.9 Å². The van der Waals surface area contributed by atoms with Gasteiger partial charge in [-0.05, 0) is 75.8 Å². The van der Waals surface area contributed by atoms with E-state index in [1.807, 2.05) is 24.5 Å². The van der Waals surface area contributed by atoms with Crippen molar-refractivity contribution >= 4 is 6.03 Å². The predicted molar refractivity (Wildman–Crippen MR) is 111 cm³/mol. The molecule has 3 N–H and O–H groups in total. The fourth-order valence-corrected chi connectivity index (χ4v) is 4.31. The van der Waals surface area contributed by atoms with Gasteiger partial charge in [-0.3, -0.25) is 20.1 Å². The number of hydrogen-bond donors (Lipinski definition) is 2. The van der Waals surface area contributed by atoms with Gasteiger partial charge in [0.25, 0.3) is 0 Å². The highest BCUT2D eigenvalue weighted by Crippen LogP contribution is 2.42. The van der Waals surface area contributed by atoms with E-state index in [9.17, 15) is 10.0 Å². The number of amides is 2. The van der Waals surface area contributed by atoms with Gasteiger partial charge in [-0.1, -0.05) is 12.1 Å². The van der Waals surface area contributed by atoms with E-state index in [1.165, 1.54) is 11.1 Å². The van der Waals surface area contributed by atoms with Crippen molar-refractivity contribution in [2.75, 3.05) is 13.1 Å². The number of nitrogens with two attached hydrogens (primary N) is 1. The summed E-state index contributed by atoms with van der Waals surface area (Å²) in [5.41, 5.74) is 9.77. The van der Waals surface area contributed by atoms with E-state index >= 15 is 0 Å². The average Bonchev–Trinajstić information content (AvgIpc) is 2.72. The molecule has 2 unspecified atom stereocenters. The van der Waals surface area contributed by atoms with Crippen LogP contribution in [0.5, 0.6) is 0 Å². The fraction of sp³-hybridized carbons (Fsp3) is 0.500. The van der Waals surface area contributed by atoms with Gasteiger partial charge in [-0.15, -0.1) is 0 Å². The van der Waals surface area contributed by atoms with Gasteiger partial charge in [0.15, 0.2) is 0 Å². The number of urea groups is 1. The van der Waals surface area contributed by atoms with Crippen LogP contribution in [0.1, 0.15) is 66.7 Å². The van der Waals surface area contributed by atoms with Crippen molar-refractivity contribution in [2.45, 2.75) is 58.0 Å². The number of aromatic nitrogens is 2. The summed E-state index contributed by atoms with van der Waals surface area (Å²) in [6.07, 6.45) is 8.51. The van der Waals surface area contributed by atoms with Crippen LogP contribution in [0.15, 0.2) is 36.7 Å². The topological polar surface area (TPSA) is 95.6 Å². The highest BCUT2D eigenvalue weighted by molar-refractivity contribution is 5.70. The van der Waals surface area contributed by atoms with Crippen molar-refractivity contribution in [3.05, 3.63) is 59.2 Å². The number of pyridine rings is 2. The molecular formula is C22H31N5O2. The van der Waals surface area contributed by atoms with Crippen molar-refractivity contribution in [1.82, 2.24) is 19.9 Å². The van der Waals surface area contributed by atoms with Crippen molar-refractivity contribution < 1.29 is 10.0 Å². The highest BCUT2D eigenvalue weighted by atomic mass is 16.5. The molecule has 3 rings (SSSR count). The zero-order valence-electron chi connectivity index (χ0n) is 17.3. The van der Waals surface area contributed by atoms with Crippen LogP contribution in [0.25, 0.3) is 0 Å². The number of unbranched alkanes of at least 4 members (excludes halogenated alkanes) is 1. The minimum atomic E-state index is -0.813. The molecular weight excluding hydrogens is 366 g/mol. The molecule has 0 radical (unpaired) electrons. The third kappa shape index (κ3) is 5.10. The van der Waals surface area contributed by atoms with Crippen LogP contribution in [-0.2, 0) is 0 Å². The van der Waals surface area contributed by atoms with Crippen molar-refractivity contribution in [3.63, 3.8) is 0 Å². The molecule has 1 fully saturated rings. The lowest BCUT2D eigenvalue weighted by molar-refractivity contribution is -0.0412. The summed E-state index contributed by atoms with van der Waals surface area (Å²) in [4.78, 5) is 23.0. The van der Waals surface area contributed by atoms with E-state index in [1.54, 1.807) is 0 Å². The van der Waals surface area contributed by atoms with E-state index in [-0.39, 0.29) is 18.6 Å². The maximum absolute atomic E-state index is 11.0. The molecule has 2 aromatic rings. The first-order valence-electron chi connectivity index (χ1n) is 10.3. The lowest BCUT2D eigenvalue weighted by atomic mass is 9.88. The first-order valence-corrected chi connectivity index (χ1v) is 10.3. The summed E-state index contributed by atoms with van der Waals surface area (Å²) < 4.78 is 0. The standard InChI is InChI=1S/C22H31N5O2/c1-16-8-6-12-24-20(16)18-10-5-11-19(21-17(2)9-7-13-25-21)26(18)14-3-4-15-27(29)22(23)28/h6-9,12-13,18-19,29H,3-5,10-11,14-15H2,1-2H3,(H2,23,28). The van der Waals surface area contributed by atoms with E-state index < -0.39 is 6.03 Å². The molecule has 0 bridgehead atoms. The van der Waals surface area contributed by atoms with E-state index in [0.717, 1.165) is 43.6 Å². The van der Waals surface area contributed by atoms with Crippen LogP contribution in [0, 0.1) is 13.8 Å². The number of carbonyl (C=O) groups excluding carboxylic acids is 1. The van der Waals surface area contributed by atoms with Crippen LogP contribution in [0.4, 0.5) is 4.79 Å². The molecule has 1 saturated heterocycles. The van der Waals surface area contributed by atoms with Crippen LogP contribution in [0.3, 0.4) is 0 Å². The molecule has 0 aliphatic carbocycles. The van der Waals surface area contributed by atoms with Crippen LogP contribution >= 0.6 is 0 Å². The first kappa shape index (κ1) is 21.2. The Morgan fingerprint density at radius 2 is 1.66 bits per heavy atom. The largest absolute Gasteiger partial charge is 0.350 e. The van der Waals surface area contributed by atoms with Crippen LogP contribution < -0.4 is 5.73 Å². The average molecular weight is 398 g/mol. The number of hydroxylamine groups is 2. The SMILES string of the molecule is Cc1cccnc1C1CCCC(c2ncccc2C)N1CCCCN(O)C(N)=O. The molecule has 7 nitrogen and oxygen atoms in total. The third-order valence-electron chi connectivity index (χ3n) is 5.78. The minimum absolute atomic E-state index is 0.234. The van der Waals surface area contributed by atoms with Gasteiger partial charge in [-0.25, -0.2) is 9.86 Å². The van der Waals surface area contributed by atoms with Crippen LogP contribution in [-0.4, -0.2) is 44.3 Å². The molecule has 0 spiro atoms. The quantitative estimate of drug-likeness (QED) is 0.419. The van der Waals surface area contributed by atoms with Gasteiger partial charge >= 0.3 is 6.03 Å². The Labute approximate surface area is 172 Å². The van der Waals surface area contributed by atoms with Gasteiger partial charge < -0.3 is 5.73 Å². The van der Waals surface area contributed by atoms with Gasteiger partial charge in [0.2, 0.25) is 0 Å². The minimum Gasteiger partial charge on any atom is -0.350 e. The lowest BCUT2D eigenvalue weighted by Crippen LogP contribution is -2.39. The second-order valence-electron chi connectivity index (χ2n) is 7.78. The van der Waals surface area contributed by atoms with Gasteiger partial charge in [0.1, 0.15) is 0 Å². The summed E-state index contributed by atoms with van der Waals surface area (Å²) in [6, 6.07) is 7.85. The number of hydrogen-bond acceptors (Lipinski definition) is 5. The Kier molecular flexibility index (Phi) is 7.17. The Bertz CT molecular complexity index is 775. The first-order chi connectivity index (χ1) is 14.0. The molecule has 1 aliphatic heterocycles. The fourth-order valence-electron chi connectivity index (χ4n) is 4.31. The number of likely N-dealkylation sites (tertiary alicyclic amines) is 1. The molecule has 2 aromatic heterocycles. The molecule has 2 amide bonds. The number of piperidine rings is 1. The number of nitrogens with zero attached hydrogens (tertiary/aromatic N) is 4. The van der Waals surface area contributed by atoms with Crippen molar-refractivity contribution in [2.24, 2.45) is 5.73 Å². The molecule has 156 valence electrons. The van der Waals surface area contributed by atoms with Crippen LogP contribution in [0.2, 0.25) is 0 Å². The maximum Gasteiger partial charge on any atom is 0.338 e. The Morgan fingerprint density at radius 3 is 2.14 bits per heavy atom. The lowest BCUT2D eigenvalue weighted by Gasteiger charge is -2.42. The second-order valence-corrected chi connectivity index (χ2v) is 7.78. The normalized spacial score (nSPS) is 19.8. The summed E-state index contributed by atoms with van der Waals surface area (Å²) >= 11 is 0.